The van der Waals surface area contributed by atoms with Gasteiger partial charge in [-0.25, -0.2) is 4.98 Å². The zero-order chi connectivity index (χ0) is 22.8. The third-order valence-corrected chi connectivity index (χ3v) is 5.64. The average Bonchev–Trinajstić information content (AvgIpc) is 3.06. The lowest BCUT2D eigenvalue weighted by atomic mass is 10.1. The van der Waals surface area contributed by atoms with Crippen molar-refractivity contribution in [1.82, 2.24) is 9.55 Å². The third kappa shape index (κ3) is 4.33. The summed E-state index contributed by atoms with van der Waals surface area (Å²) in [5.74, 6) is 0.564. The molecule has 0 radical (unpaired) electrons. The quantitative estimate of drug-likeness (QED) is 0.418. The van der Waals surface area contributed by atoms with Crippen molar-refractivity contribution in [2.75, 3.05) is 12.4 Å². The molecule has 6 nitrogen and oxygen atoms in total. The number of halogens is 2. The Balaban J connectivity index is 1.75. The SMILES string of the molecule is COc1ccc2c(c1)c(CC(=O)Nc1ccc(Cl)cn1)c(C)n2C(=O)c1ccc(Cl)cc1. The Kier molecular flexibility index (Phi) is 6.17. The first kappa shape index (κ1) is 21.9. The Morgan fingerprint density at radius 3 is 2.41 bits per heavy atom. The molecule has 162 valence electrons. The lowest BCUT2D eigenvalue weighted by Gasteiger charge is -2.08. The minimum Gasteiger partial charge on any atom is -0.497 e. The second kappa shape index (κ2) is 9.02. The summed E-state index contributed by atoms with van der Waals surface area (Å²) in [6.45, 7) is 1.82. The monoisotopic (exact) mass is 467 g/mol. The fraction of sp³-hybridized carbons (Fsp3) is 0.125. The van der Waals surface area contributed by atoms with Gasteiger partial charge < -0.3 is 10.1 Å². The van der Waals surface area contributed by atoms with Crippen LogP contribution < -0.4 is 10.1 Å². The number of nitrogens with one attached hydrogen (secondary N) is 1. The lowest BCUT2D eigenvalue weighted by Crippen LogP contribution is -2.17. The van der Waals surface area contributed by atoms with Gasteiger partial charge in [-0.3, -0.25) is 14.2 Å². The Morgan fingerprint density at radius 1 is 1.03 bits per heavy atom. The number of carbonyl (C=O) groups is 2. The van der Waals surface area contributed by atoms with E-state index in [0.717, 1.165) is 10.9 Å². The molecule has 1 amide bonds. The molecule has 4 aromatic rings. The minimum absolute atomic E-state index is 0.0563. The number of pyridine rings is 1. The van der Waals surface area contributed by atoms with Gasteiger partial charge in [0.15, 0.2) is 0 Å². The van der Waals surface area contributed by atoms with E-state index in [-0.39, 0.29) is 18.2 Å². The molecular weight excluding hydrogens is 449 g/mol. The number of hydrogen-bond donors (Lipinski definition) is 1. The summed E-state index contributed by atoms with van der Waals surface area (Å²) in [7, 11) is 1.57. The molecule has 2 aromatic carbocycles. The molecule has 0 atom stereocenters. The van der Waals surface area contributed by atoms with Gasteiger partial charge in [0, 0.05) is 27.9 Å². The smallest absolute Gasteiger partial charge is 0.262 e. The zero-order valence-corrected chi connectivity index (χ0v) is 18.9. The van der Waals surface area contributed by atoms with Crippen LogP contribution in [0.2, 0.25) is 10.0 Å². The number of hydrogen-bond acceptors (Lipinski definition) is 4. The molecule has 0 fully saturated rings. The van der Waals surface area contributed by atoms with Crippen molar-refractivity contribution >= 4 is 51.7 Å². The Hall–Kier alpha value is -3.35. The van der Waals surface area contributed by atoms with Crippen LogP contribution in [0.3, 0.4) is 0 Å². The van der Waals surface area contributed by atoms with Crippen LogP contribution >= 0.6 is 23.2 Å². The van der Waals surface area contributed by atoms with E-state index in [4.69, 9.17) is 27.9 Å². The summed E-state index contributed by atoms with van der Waals surface area (Å²) in [6.07, 6.45) is 1.52. The molecular formula is C24H19Cl2N3O3. The van der Waals surface area contributed by atoms with Gasteiger partial charge in [0.25, 0.3) is 5.91 Å². The largest absolute Gasteiger partial charge is 0.497 e. The topological polar surface area (TPSA) is 73.2 Å². The van der Waals surface area contributed by atoms with Crippen LogP contribution in [0.1, 0.15) is 21.6 Å². The van der Waals surface area contributed by atoms with Gasteiger partial charge in [0.2, 0.25) is 5.91 Å². The predicted octanol–water partition coefficient (Wildman–Crippen LogP) is 5.53. The van der Waals surface area contributed by atoms with Gasteiger partial charge in [0.05, 0.1) is 24.1 Å². The maximum atomic E-state index is 13.3. The average molecular weight is 468 g/mol. The Bertz CT molecular complexity index is 1310. The highest BCUT2D eigenvalue weighted by atomic mass is 35.5. The van der Waals surface area contributed by atoms with Gasteiger partial charge in [-0.1, -0.05) is 23.2 Å². The van der Waals surface area contributed by atoms with E-state index in [1.807, 2.05) is 19.1 Å². The van der Waals surface area contributed by atoms with Gasteiger partial charge in [-0.15, -0.1) is 0 Å². The van der Waals surface area contributed by atoms with Gasteiger partial charge in [0.1, 0.15) is 11.6 Å². The first-order valence-electron chi connectivity index (χ1n) is 9.77. The van der Waals surface area contributed by atoms with Crippen molar-refractivity contribution in [3.8, 4) is 5.75 Å². The lowest BCUT2D eigenvalue weighted by molar-refractivity contribution is -0.115. The number of fused-ring (bicyclic) bond motifs is 1. The summed E-state index contributed by atoms with van der Waals surface area (Å²) >= 11 is 11.8. The maximum absolute atomic E-state index is 13.3. The molecule has 4 rings (SSSR count). The van der Waals surface area contributed by atoms with Crippen LogP contribution in [-0.4, -0.2) is 28.5 Å². The fourth-order valence-corrected chi connectivity index (χ4v) is 3.83. The van der Waals surface area contributed by atoms with E-state index in [0.29, 0.717) is 38.4 Å². The van der Waals surface area contributed by atoms with E-state index >= 15 is 0 Å². The number of rotatable bonds is 5. The van der Waals surface area contributed by atoms with E-state index in [9.17, 15) is 9.59 Å². The van der Waals surface area contributed by atoms with E-state index < -0.39 is 0 Å². The van der Waals surface area contributed by atoms with Crippen LogP contribution in [0, 0.1) is 6.92 Å². The third-order valence-electron chi connectivity index (χ3n) is 5.17. The number of ether oxygens (including phenoxy) is 1. The standard InChI is InChI=1S/C24H19Cl2N3O3/c1-14-19(12-23(30)28-22-10-7-17(26)13-27-22)20-11-18(32-2)8-9-21(20)29(14)24(31)15-3-5-16(25)6-4-15/h3-11,13H,12H2,1-2H3,(H,27,28,30). The minimum atomic E-state index is -0.260. The van der Waals surface area contributed by atoms with E-state index in [1.54, 1.807) is 54.1 Å². The number of aromatic nitrogens is 2. The molecule has 2 heterocycles. The zero-order valence-electron chi connectivity index (χ0n) is 17.4. The first-order chi connectivity index (χ1) is 15.4. The Labute approximate surface area is 194 Å². The van der Waals surface area contributed by atoms with E-state index in [2.05, 4.69) is 10.3 Å². The van der Waals surface area contributed by atoms with Crippen molar-refractivity contribution in [3.63, 3.8) is 0 Å². The highest BCUT2D eigenvalue weighted by Gasteiger charge is 2.22. The molecule has 2 aromatic heterocycles. The van der Waals surface area contributed by atoms with Crippen molar-refractivity contribution in [2.45, 2.75) is 13.3 Å². The molecule has 32 heavy (non-hydrogen) atoms. The van der Waals surface area contributed by atoms with Crippen LogP contribution in [0.15, 0.2) is 60.8 Å². The van der Waals surface area contributed by atoms with Crippen molar-refractivity contribution in [3.05, 3.63) is 87.7 Å². The molecule has 0 unspecified atom stereocenters. The first-order valence-corrected chi connectivity index (χ1v) is 10.5. The number of nitrogens with zero attached hydrogens (tertiary/aromatic N) is 2. The number of carbonyl (C=O) groups excluding carboxylic acids is 2. The molecule has 0 saturated carbocycles. The molecule has 0 aliphatic carbocycles. The summed E-state index contributed by atoms with van der Waals surface area (Å²) in [6, 6.07) is 15.4. The Morgan fingerprint density at radius 2 is 1.75 bits per heavy atom. The van der Waals surface area contributed by atoms with Gasteiger partial charge >= 0.3 is 0 Å². The normalized spacial score (nSPS) is 10.9. The van der Waals surface area contributed by atoms with Gasteiger partial charge in [-0.05, 0) is 67.1 Å². The summed E-state index contributed by atoms with van der Waals surface area (Å²) in [4.78, 5) is 30.2. The second-order valence-electron chi connectivity index (χ2n) is 7.18. The fourth-order valence-electron chi connectivity index (χ4n) is 3.59. The molecule has 0 aliphatic heterocycles. The van der Waals surface area contributed by atoms with Crippen molar-refractivity contribution in [2.24, 2.45) is 0 Å². The van der Waals surface area contributed by atoms with E-state index in [1.165, 1.54) is 6.20 Å². The molecule has 0 saturated heterocycles. The van der Waals surface area contributed by atoms with Gasteiger partial charge in [-0.2, -0.15) is 0 Å². The summed E-state index contributed by atoms with van der Waals surface area (Å²) in [5.41, 5.74) is 2.59. The highest BCUT2D eigenvalue weighted by molar-refractivity contribution is 6.30. The van der Waals surface area contributed by atoms with Crippen LogP contribution in [0.5, 0.6) is 5.75 Å². The van der Waals surface area contributed by atoms with Crippen LogP contribution in [0.25, 0.3) is 10.9 Å². The highest BCUT2D eigenvalue weighted by Crippen LogP contribution is 2.31. The van der Waals surface area contributed by atoms with Crippen molar-refractivity contribution in [1.29, 1.82) is 0 Å². The molecule has 8 heteroatoms. The van der Waals surface area contributed by atoms with Crippen LogP contribution in [0.4, 0.5) is 5.82 Å². The molecule has 0 bridgehead atoms. The molecule has 0 aliphatic rings. The maximum Gasteiger partial charge on any atom is 0.262 e. The van der Waals surface area contributed by atoms with Crippen LogP contribution in [-0.2, 0) is 11.2 Å². The van der Waals surface area contributed by atoms with Crippen molar-refractivity contribution < 1.29 is 14.3 Å². The summed E-state index contributed by atoms with van der Waals surface area (Å²) in [5, 5.41) is 4.56. The number of methoxy groups -OCH3 is 1. The summed E-state index contributed by atoms with van der Waals surface area (Å²) < 4.78 is 6.98. The predicted molar refractivity (Wildman–Crippen MR) is 126 cm³/mol. The number of anilines is 1. The number of amides is 1. The molecule has 1 N–H and O–H groups in total. The second-order valence-corrected chi connectivity index (χ2v) is 8.05. The number of benzene rings is 2. The molecule has 0 spiro atoms.